The van der Waals surface area contributed by atoms with Crippen molar-refractivity contribution in [1.29, 1.82) is 0 Å². The summed E-state index contributed by atoms with van der Waals surface area (Å²) in [4.78, 5) is 95.7. The fourth-order valence-corrected chi connectivity index (χ4v) is 5.75. The van der Waals surface area contributed by atoms with Crippen LogP contribution in [0.15, 0.2) is 30.3 Å². The van der Waals surface area contributed by atoms with Crippen LogP contribution in [0.25, 0.3) is 0 Å². The minimum Gasteiger partial charge on any atom is -0.444 e. The molecule has 0 bridgehead atoms. The lowest BCUT2D eigenvalue weighted by Gasteiger charge is -2.36. The number of hydrogen-bond acceptors (Lipinski definition) is 9. The predicted octanol–water partition coefficient (Wildman–Crippen LogP) is 2.63. The van der Waals surface area contributed by atoms with Crippen molar-refractivity contribution in [2.24, 2.45) is 5.41 Å². The van der Waals surface area contributed by atoms with Gasteiger partial charge in [0, 0.05) is 27.1 Å². The molecule has 15 heteroatoms. The summed E-state index contributed by atoms with van der Waals surface area (Å²) >= 11 is 0. The average Bonchev–Trinajstić information content (AvgIpc) is 3.45. The Morgan fingerprint density at radius 2 is 1.47 bits per heavy atom. The molecule has 6 amide bonds. The van der Waals surface area contributed by atoms with E-state index in [2.05, 4.69) is 21.3 Å². The molecule has 296 valence electrons. The Morgan fingerprint density at radius 3 is 1.98 bits per heavy atom. The largest absolute Gasteiger partial charge is 0.444 e. The van der Waals surface area contributed by atoms with E-state index < -0.39 is 88.9 Å². The van der Waals surface area contributed by atoms with Crippen molar-refractivity contribution in [3.8, 4) is 0 Å². The van der Waals surface area contributed by atoms with Gasteiger partial charge in [-0.15, -0.1) is 0 Å². The van der Waals surface area contributed by atoms with Gasteiger partial charge < -0.3 is 40.5 Å². The first-order valence-corrected chi connectivity index (χ1v) is 18.0. The second-order valence-electron chi connectivity index (χ2n) is 16.6. The Kier molecular flexibility index (Phi) is 15.6. The van der Waals surface area contributed by atoms with Gasteiger partial charge in [-0.2, -0.15) is 0 Å². The molecule has 0 spiro atoms. The number of nitrogens with one attached hydrogen (secondary N) is 4. The van der Waals surface area contributed by atoms with Crippen molar-refractivity contribution < 1.29 is 43.0 Å². The number of rotatable bonds is 14. The molecule has 15 nitrogen and oxygen atoms in total. The number of ether oxygens (including phenoxy) is 2. The molecule has 1 heterocycles. The molecule has 53 heavy (non-hydrogen) atoms. The summed E-state index contributed by atoms with van der Waals surface area (Å²) in [6, 6.07) is 4.13. The minimum absolute atomic E-state index is 0.0407. The summed E-state index contributed by atoms with van der Waals surface area (Å²) in [5.74, 6) is -4.38. The van der Waals surface area contributed by atoms with Crippen molar-refractivity contribution >= 4 is 41.4 Å². The van der Waals surface area contributed by atoms with E-state index in [0.29, 0.717) is 12.0 Å². The summed E-state index contributed by atoms with van der Waals surface area (Å²) < 4.78 is 11.6. The monoisotopic (exact) mass is 744 g/mol. The highest BCUT2D eigenvalue weighted by Crippen LogP contribution is 2.29. The molecule has 1 saturated heterocycles. The summed E-state index contributed by atoms with van der Waals surface area (Å²) in [6.07, 6.45) is -0.707. The molecule has 0 saturated carbocycles. The third-order valence-corrected chi connectivity index (χ3v) is 8.11. The first kappa shape index (κ1) is 44.6. The molecule has 1 fully saturated rings. The maximum atomic E-state index is 14.2. The van der Waals surface area contributed by atoms with Gasteiger partial charge in [-0.3, -0.25) is 28.8 Å². The van der Waals surface area contributed by atoms with Crippen molar-refractivity contribution in [3.63, 3.8) is 0 Å². The maximum absolute atomic E-state index is 14.2. The van der Waals surface area contributed by atoms with E-state index in [1.807, 2.05) is 20.8 Å². The van der Waals surface area contributed by atoms with E-state index in [-0.39, 0.29) is 25.3 Å². The smallest absolute Gasteiger partial charge is 0.408 e. The number of Topliss-reactive ketones (excluding diaryl/α,β-unsaturated/α-hetero) is 1. The highest BCUT2D eigenvalue weighted by Gasteiger charge is 2.47. The van der Waals surface area contributed by atoms with Crippen LogP contribution in [0.5, 0.6) is 0 Å². The first-order chi connectivity index (χ1) is 24.3. The highest BCUT2D eigenvalue weighted by molar-refractivity contribution is 6.38. The van der Waals surface area contributed by atoms with E-state index in [1.54, 1.807) is 92.9 Å². The Hall–Kier alpha value is -4.53. The minimum atomic E-state index is -1.26. The molecule has 4 N–H and O–H groups in total. The number of amides is 6. The molecular weight excluding hydrogens is 684 g/mol. The van der Waals surface area contributed by atoms with Crippen molar-refractivity contribution in [2.45, 2.75) is 130 Å². The van der Waals surface area contributed by atoms with Crippen LogP contribution in [0.4, 0.5) is 4.79 Å². The van der Waals surface area contributed by atoms with Crippen LogP contribution in [0.2, 0.25) is 0 Å². The van der Waals surface area contributed by atoms with Crippen molar-refractivity contribution in [1.82, 2.24) is 31.1 Å². The Bertz CT molecular complexity index is 1480. The summed E-state index contributed by atoms with van der Waals surface area (Å²) in [6.45, 7) is 17.2. The fraction of sp³-hybridized carbons (Fsp3) is 0.658. The lowest BCUT2D eigenvalue weighted by atomic mass is 9.85. The number of carbonyl (C=O) groups excluding carboxylic acids is 7. The van der Waals surface area contributed by atoms with Gasteiger partial charge in [-0.25, -0.2) is 4.79 Å². The van der Waals surface area contributed by atoms with Crippen molar-refractivity contribution in [2.75, 3.05) is 27.2 Å². The summed E-state index contributed by atoms with van der Waals surface area (Å²) in [7, 11) is 3.10. The number of hydrogen-bond donors (Lipinski definition) is 4. The van der Waals surface area contributed by atoms with E-state index in [1.165, 1.54) is 9.80 Å². The van der Waals surface area contributed by atoms with Crippen LogP contribution in [0.1, 0.15) is 100 Å². The molecule has 2 rings (SSSR count). The van der Waals surface area contributed by atoms with E-state index in [9.17, 15) is 33.6 Å². The van der Waals surface area contributed by atoms with Gasteiger partial charge in [0.15, 0.2) is 0 Å². The van der Waals surface area contributed by atoms with E-state index in [4.69, 9.17) is 9.47 Å². The van der Waals surface area contributed by atoms with Gasteiger partial charge in [-0.1, -0.05) is 64.4 Å². The number of alkyl carbamates (subject to hydrolysis) is 1. The zero-order chi connectivity index (χ0) is 40.5. The lowest BCUT2D eigenvalue weighted by Crippen LogP contribution is -2.59. The third-order valence-electron chi connectivity index (χ3n) is 8.11. The van der Waals surface area contributed by atoms with Crippen LogP contribution < -0.4 is 21.3 Å². The Balaban J connectivity index is 2.25. The molecule has 4 unspecified atom stereocenters. The van der Waals surface area contributed by atoms with Crippen LogP contribution in [0.3, 0.4) is 0 Å². The Morgan fingerprint density at radius 1 is 0.868 bits per heavy atom. The quantitative estimate of drug-likeness (QED) is 0.207. The van der Waals surface area contributed by atoms with Gasteiger partial charge in [-0.05, 0) is 58.9 Å². The molecule has 0 aromatic heterocycles. The molecule has 0 aliphatic carbocycles. The molecule has 1 aliphatic heterocycles. The topological polar surface area (TPSA) is 193 Å². The van der Waals surface area contributed by atoms with Crippen LogP contribution in [-0.2, 0) is 38.2 Å². The van der Waals surface area contributed by atoms with E-state index >= 15 is 0 Å². The van der Waals surface area contributed by atoms with Gasteiger partial charge in [0.25, 0.3) is 5.91 Å². The van der Waals surface area contributed by atoms with Crippen LogP contribution in [0, 0.1) is 5.41 Å². The number of likely N-dealkylation sites (tertiary alicyclic amines) is 1. The molecule has 5 atom stereocenters. The SMILES string of the molecule is CCCC(NC(=O)[C@@H]1CC(OC(C)(C)C)CN1C(=O)C(NC(=O)OC(C)(C)C)C(C)(C)C)C(=O)C(=O)NCC(=O)NC(C(=O)N(C)C)c1ccccc1. The molecular formula is C38H60N6O9. The fourth-order valence-electron chi connectivity index (χ4n) is 5.75. The lowest BCUT2D eigenvalue weighted by molar-refractivity contribution is -0.144. The third kappa shape index (κ3) is 14.1. The number of ketones is 1. The molecule has 0 radical (unpaired) electrons. The molecule has 1 aromatic carbocycles. The second-order valence-corrected chi connectivity index (χ2v) is 16.6. The van der Waals surface area contributed by atoms with E-state index in [0.717, 1.165) is 0 Å². The highest BCUT2D eigenvalue weighted by atomic mass is 16.6. The number of benzene rings is 1. The summed E-state index contributed by atoms with van der Waals surface area (Å²) in [5, 5.41) is 10.2. The molecule has 1 aromatic rings. The number of nitrogens with zero attached hydrogens (tertiary/aromatic N) is 2. The van der Waals surface area contributed by atoms with Gasteiger partial charge in [0.05, 0.1) is 24.3 Å². The first-order valence-electron chi connectivity index (χ1n) is 18.0. The van der Waals surface area contributed by atoms with Gasteiger partial charge in [0.1, 0.15) is 23.7 Å². The standard InChI is InChI=1S/C38H60N6O9/c1-13-17-25(29(46)32(48)39-21-27(45)41-28(33(49)43(11)12)23-18-15-14-16-19-23)40-31(47)26-20-24(52-37(5,6)7)22-44(26)34(50)30(36(2,3)4)42-35(51)53-38(8,9)10/h14-16,18-19,24-26,28,30H,13,17,20-22H2,1-12H3,(H,39,48)(H,40,47)(H,41,45)(H,42,51)/t24?,25?,26-,28?,30?/m0/s1. The van der Waals surface area contributed by atoms with Crippen molar-refractivity contribution in [3.05, 3.63) is 35.9 Å². The number of likely N-dealkylation sites (N-methyl/N-ethyl adjacent to an activating group) is 1. The van der Waals surface area contributed by atoms with Gasteiger partial charge in [0.2, 0.25) is 29.4 Å². The summed E-state index contributed by atoms with van der Waals surface area (Å²) in [5.41, 5.74) is -1.67. The Labute approximate surface area is 313 Å². The average molecular weight is 745 g/mol. The number of carbonyl (C=O) groups is 7. The maximum Gasteiger partial charge on any atom is 0.408 e. The molecule has 1 aliphatic rings. The zero-order valence-corrected chi connectivity index (χ0v) is 33.4. The predicted molar refractivity (Wildman–Crippen MR) is 198 cm³/mol. The van der Waals surface area contributed by atoms with Crippen LogP contribution in [-0.4, -0.2) is 114 Å². The van der Waals surface area contributed by atoms with Gasteiger partial charge >= 0.3 is 6.09 Å². The zero-order valence-electron chi connectivity index (χ0n) is 33.4. The second kappa shape index (κ2) is 18.5. The van der Waals surface area contributed by atoms with Crippen LogP contribution >= 0.6 is 0 Å². The normalized spacial score (nSPS) is 17.8.